The first-order chi connectivity index (χ1) is 11.7. The third-order valence-electron chi connectivity index (χ3n) is 6.22. The highest BCUT2D eigenvalue weighted by atomic mass is 16.2. The zero-order valence-corrected chi connectivity index (χ0v) is 14.8. The van der Waals surface area contributed by atoms with Crippen LogP contribution in [-0.2, 0) is 17.8 Å². The quantitative estimate of drug-likeness (QED) is 0.833. The first kappa shape index (κ1) is 16.1. The fourth-order valence-corrected chi connectivity index (χ4v) is 4.64. The molecule has 2 fully saturated rings. The maximum Gasteiger partial charge on any atom is 0.239 e. The van der Waals surface area contributed by atoms with Gasteiger partial charge in [0.25, 0.3) is 0 Å². The molecule has 24 heavy (non-hydrogen) atoms. The number of amides is 1. The van der Waals surface area contributed by atoms with Gasteiger partial charge in [0.05, 0.1) is 6.04 Å². The lowest BCUT2D eigenvalue weighted by molar-refractivity contribution is -0.138. The number of fused-ring (bicyclic) bond motifs is 2. The largest absolute Gasteiger partial charge is 0.337 e. The molecular weight excluding hydrogens is 298 g/mol. The van der Waals surface area contributed by atoms with Crippen LogP contribution in [-0.4, -0.2) is 65.4 Å². The molecule has 2 atom stereocenters. The Morgan fingerprint density at radius 3 is 2.79 bits per heavy atom. The molecule has 3 aliphatic rings. The van der Waals surface area contributed by atoms with Gasteiger partial charge in [-0.15, -0.1) is 0 Å². The van der Waals surface area contributed by atoms with E-state index in [0.29, 0.717) is 11.9 Å². The van der Waals surface area contributed by atoms with Crippen LogP contribution in [0.3, 0.4) is 0 Å². The number of rotatable bonds is 2. The second-order valence-electron chi connectivity index (χ2n) is 7.63. The standard InChI is InChI=1S/C20H29N3O/c1-16(22-13-12-21-10-5-4-8-19(21)15-22)20(24)23-11-9-17-6-2-3-7-18(17)14-23/h2-3,6-7,16,19H,4-5,8-15H2,1H3. The summed E-state index contributed by atoms with van der Waals surface area (Å²) in [5.41, 5.74) is 2.73. The number of hydrogen-bond acceptors (Lipinski definition) is 3. The maximum atomic E-state index is 13.0. The fraction of sp³-hybridized carbons (Fsp3) is 0.650. The minimum absolute atomic E-state index is 0.0133. The lowest BCUT2D eigenvalue weighted by atomic mass is 9.97. The van der Waals surface area contributed by atoms with E-state index in [9.17, 15) is 4.79 Å². The molecular formula is C20H29N3O. The lowest BCUT2D eigenvalue weighted by Gasteiger charge is -2.46. The van der Waals surface area contributed by atoms with Gasteiger partial charge < -0.3 is 4.90 Å². The Morgan fingerprint density at radius 2 is 1.92 bits per heavy atom. The van der Waals surface area contributed by atoms with Crippen LogP contribution in [0.1, 0.15) is 37.3 Å². The van der Waals surface area contributed by atoms with E-state index in [1.807, 2.05) is 0 Å². The first-order valence-electron chi connectivity index (χ1n) is 9.56. The van der Waals surface area contributed by atoms with Gasteiger partial charge in [-0.05, 0) is 43.9 Å². The summed E-state index contributed by atoms with van der Waals surface area (Å²) in [6.07, 6.45) is 4.98. The minimum atomic E-state index is 0.0133. The molecule has 4 nitrogen and oxygen atoms in total. The Morgan fingerprint density at radius 1 is 1.08 bits per heavy atom. The van der Waals surface area contributed by atoms with Crippen molar-refractivity contribution in [2.45, 2.75) is 51.2 Å². The summed E-state index contributed by atoms with van der Waals surface area (Å²) in [6, 6.07) is 9.23. The van der Waals surface area contributed by atoms with Gasteiger partial charge in [0.2, 0.25) is 5.91 Å². The summed E-state index contributed by atoms with van der Waals surface area (Å²) in [7, 11) is 0. The molecule has 0 aliphatic carbocycles. The van der Waals surface area contributed by atoms with Crippen molar-refractivity contribution in [3.05, 3.63) is 35.4 Å². The summed E-state index contributed by atoms with van der Waals surface area (Å²) in [5.74, 6) is 0.314. The SMILES string of the molecule is CC(C(=O)N1CCc2ccccc2C1)N1CCN2CCCCC2C1. The highest BCUT2D eigenvalue weighted by molar-refractivity contribution is 5.81. The van der Waals surface area contributed by atoms with Crippen LogP contribution < -0.4 is 0 Å². The van der Waals surface area contributed by atoms with Crippen molar-refractivity contribution < 1.29 is 4.79 Å². The molecule has 3 aliphatic heterocycles. The van der Waals surface area contributed by atoms with Crippen LogP contribution in [0.15, 0.2) is 24.3 Å². The topological polar surface area (TPSA) is 26.8 Å². The van der Waals surface area contributed by atoms with Crippen LogP contribution in [0.2, 0.25) is 0 Å². The number of piperazine rings is 1. The Hall–Kier alpha value is -1.39. The molecule has 0 bridgehead atoms. The highest BCUT2D eigenvalue weighted by Crippen LogP contribution is 2.24. The van der Waals surface area contributed by atoms with Crippen molar-refractivity contribution >= 4 is 5.91 Å². The van der Waals surface area contributed by atoms with Crippen LogP contribution >= 0.6 is 0 Å². The van der Waals surface area contributed by atoms with Crippen molar-refractivity contribution in [3.63, 3.8) is 0 Å². The average Bonchev–Trinajstić information content (AvgIpc) is 2.66. The number of benzene rings is 1. The molecule has 4 rings (SSSR count). The van der Waals surface area contributed by atoms with E-state index in [4.69, 9.17) is 0 Å². The molecule has 3 heterocycles. The monoisotopic (exact) mass is 327 g/mol. The van der Waals surface area contributed by atoms with Gasteiger partial charge in [0, 0.05) is 38.8 Å². The molecule has 0 aromatic heterocycles. The molecule has 130 valence electrons. The summed E-state index contributed by atoms with van der Waals surface area (Å²) in [6.45, 7) is 8.24. The smallest absolute Gasteiger partial charge is 0.239 e. The van der Waals surface area contributed by atoms with Crippen molar-refractivity contribution in [2.24, 2.45) is 0 Å². The second kappa shape index (κ2) is 6.85. The summed E-state index contributed by atoms with van der Waals surface area (Å²) >= 11 is 0. The molecule has 1 aromatic carbocycles. The van der Waals surface area contributed by atoms with E-state index in [-0.39, 0.29) is 6.04 Å². The fourth-order valence-electron chi connectivity index (χ4n) is 4.64. The molecule has 0 radical (unpaired) electrons. The predicted octanol–water partition coefficient (Wildman–Crippen LogP) is 2.13. The first-order valence-corrected chi connectivity index (χ1v) is 9.56. The molecule has 0 saturated carbocycles. The van der Waals surface area contributed by atoms with Crippen molar-refractivity contribution in [3.8, 4) is 0 Å². The lowest BCUT2D eigenvalue weighted by Crippen LogP contribution is -2.59. The van der Waals surface area contributed by atoms with Crippen molar-refractivity contribution in [1.82, 2.24) is 14.7 Å². The second-order valence-corrected chi connectivity index (χ2v) is 7.63. The zero-order chi connectivity index (χ0) is 16.5. The summed E-state index contributed by atoms with van der Waals surface area (Å²) in [4.78, 5) is 20.2. The number of nitrogens with zero attached hydrogens (tertiary/aromatic N) is 3. The Balaban J connectivity index is 1.39. The highest BCUT2D eigenvalue weighted by Gasteiger charge is 2.34. The molecule has 0 N–H and O–H groups in total. The van der Waals surface area contributed by atoms with Gasteiger partial charge in [-0.25, -0.2) is 0 Å². The van der Waals surface area contributed by atoms with E-state index >= 15 is 0 Å². The van der Waals surface area contributed by atoms with Gasteiger partial charge in [0.15, 0.2) is 0 Å². The number of carbonyl (C=O) groups excluding carboxylic acids is 1. The van der Waals surface area contributed by atoms with Crippen LogP contribution in [0, 0.1) is 0 Å². The predicted molar refractivity (Wildman–Crippen MR) is 95.8 cm³/mol. The number of carbonyl (C=O) groups is 1. The third-order valence-corrected chi connectivity index (χ3v) is 6.22. The van der Waals surface area contributed by atoms with Crippen molar-refractivity contribution in [1.29, 1.82) is 0 Å². The van der Waals surface area contributed by atoms with E-state index in [0.717, 1.165) is 39.1 Å². The van der Waals surface area contributed by atoms with Crippen LogP contribution in [0.4, 0.5) is 0 Å². The molecule has 2 saturated heterocycles. The van der Waals surface area contributed by atoms with E-state index in [1.54, 1.807) is 0 Å². The van der Waals surface area contributed by atoms with E-state index in [2.05, 4.69) is 45.9 Å². The van der Waals surface area contributed by atoms with Crippen molar-refractivity contribution in [2.75, 3.05) is 32.7 Å². The van der Waals surface area contributed by atoms with Gasteiger partial charge in [0.1, 0.15) is 0 Å². The van der Waals surface area contributed by atoms with Crippen LogP contribution in [0.5, 0.6) is 0 Å². The number of piperidine rings is 1. The average molecular weight is 327 g/mol. The minimum Gasteiger partial charge on any atom is -0.337 e. The van der Waals surface area contributed by atoms with E-state index in [1.165, 1.54) is 36.9 Å². The zero-order valence-electron chi connectivity index (χ0n) is 14.8. The van der Waals surface area contributed by atoms with Gasteiger partial charge in [-0.1, -0.05) is 30.7 Å². The normalized spacial score (nSPS) is 26.5. The Bertz CT molecular complexity index is 602. The summed E-state index contributed by atoms with van der Waals surface area (Å²) in [5, 5.41) is 0. The Kier molecular flexibility index (Phi) is 4.59. The van der Waals surface area contributed by atoms with Gasteiger partial charge in [-0.2, -0.15) is 0 Å². The van der Waals surface area contributed by atoms with Gasteiger partial charge in [-0.3, -0.25) is 14.6 Å². The molecule has 0 spiro atoms. The molecule has 1 aromatic rings. The molecule has 4 heteroatoms. The van der Waals surface area contributed by atoms with E-state index < -0.39 is 0 Å². The third kappa shape index (κ3) is 3.09. The summed E-state index contributed by atoms with van der Waals surface area (Å²) < 4.78 is 0. The Labute approximate surface area is 145 Å². The van der Waals surface area contributed by atoms with Crippen LogP contribution in [0.25, 0.3) is 0 Å². The number of hydrogen-bond donors (Lipinski definition) is 0. The molecule has 2 unspecified atom stereocenters. The maximum absolute atomic E-state index is 13.0. The molecule has 1 amide bonds. The van der Waals surface area contributed by atoms with Gasteiger partial charge >= 0.3 is 0 Å².